The van der Waals surface area contributed by atoms with Crippen LogP contribution in [0.1, 0.15) is 50.1 Å². The maximum Gasteiger partial charge on any atom is 0.191 e. The SMILES string of the molecule is CCNC(=NCc1scnc1C)NCCCN1CCCCC1C. The van der Waals surface area contributed by atoms with Crippen molar-refractivity contribution in [3.8, 4) is 0 Å². The van der Waals surface area contributed by atoms with E-state index in [1.165, 1.54) is 37.2 Å². The predicted molar refractivity (Wildman–Crippen MR) is 99.2 cm³/mol. The molecule has 1 atom stereocenters. The Bertz CT molecular complexity index is 485. The fourth-order valence-electron chi connectivity index (χ4n) is 2.95. The quantitative estimate of drug-likeness (QED) is 0.456. The number of piperidine rings is 1. The molecule has 130 valence electrons. The molecule has 0 spiro atoms. The monoisotopic (exact) mass is 337 g/mol. The van der Waals surface area contributed by atoms with Crippen LogP contribution in [0.5, 0.6) is 0 Å². The zero-order chi connectivity index (χ0) is 16.5. The number of likely N-dealkylation sites (tertiary alicyclic amines) is 1. The zero-order valence-electron chi connectivity index (χ0n) is 14.8. The Balaban J connectivity index is 1.72. The number of thiazole rings is 1. The van der Waals surface area contributed by atoms with Gasteiger partial charge in [0.25, 0.3) is 0 Å². The molecular formula is C17H31N5S. The fraction of sp³-hybridized carbons (Fsp3) is 0.765. The first-order valence-corrected chi connectivity index (χ1v) is 9.74. The summed E-state index contributed by atoms with van der Waals surface area (Å²) in [7, 11) is 0. The van der Waals surface area contributed by atoms with E-state index in [9.17, 15) is 0 Å². The van der Waals surface area contributed by atoms with Crippen molar-refractivity contribution in [3.63, 3.8) is 0 Å². The lowest BCUT2D eigenvalue weighted by molar-refractivity contribution is 0.159. The number of rotatable bonds is 7. The number of hydrogen-bond donors (Lipinski definition) is 2. The molecule has 0 aromatic carbocycles. The van der Waals surface area contributed by atoms with Gasteiger partial charge in [-0.2, -0.15) is 0 Å². The van der Waals surface area contributed by atoms with E-state index in [-0.39, 0.29) is 0 Å². The van der Waals surface area contributed by atoms with Gasteiger partial charge in [-0.25, -0.2) is 9.98 Å². The highest BCUT2D eigenvalue weighted by atomic mass is 32.1. The predicted octanol–water partition coefficient (Wildman–Crippen LogP) is 2.77. The molecular weight excluding hydrogens is 306 g/mol. The Kier molecular flexibility index (Phi) is 7.82. The van der Waals surface area contributed by atoms with Crippen LogP contribution in [-0.4, -0.2) is 48.1 Å². The van der Waals surface area contributed by atoms with E-state index in [0.717, 1.165) is 37.2 Å². The van der Waals surface area contributed by atoms with Gasteiger partial charge < -0.3 is 15.5 Å². The van der Waals surface area contributed by atoms with Crippen LogP contribution in [0, 0.1) is 6.92 Å². The van der Waals surface area contributed by atoms with Gasteiger partial charge in [0.1, 0.15) is 0 Å². The lowest BCUT2D eigenvalue weighted by Crippen LogP contribution is -2.41. The Morgan fingerprint density at radius 1 is 1.43 bits per heavy atom. The molecule has 23 heavy (non-hydrogen) atoms. The maximum atomic E-state index is 4.67. The number of aliphatic imine (C=N–C) groups is 1. The first kappa shape index (κ1) is 18.2. The van der Waals surface area contributed by atoms with Crippen LogP contribution in [-0.2, 0) is 6.54 Å². The lowest BCUT2D eigenvalue weighted by Gasteiger charge is -2.33. The molecule has 1 aromatic rings. The highest BCUT2D eigenvalue weighted by Crippen LogP contribution is 2.16. The molecule has 6 heteroatoms. The summed E-state index contributed by atoms with van der Waals surface area (Å²) >= 11 is 1.68. The Morgan fingerprint density at radius 2 is 2.30 bits per heavy atom. The van der Waals surface area contributed by atoms with Crippen LogP contribution in [0.15, 0.2) is 10.5 Å². The highest BCUT2D eigenvalue weighted by Gasteiger charge is 2.17. The standard InChI is InChI=1S/C17H31N5S/c1-4-18-17(20-12-16-15(3)21-13-23-16)19-9-7-11-22-10-6-5-8-14(22)2/h13-14H,4-12H2,1-3H3,(H2,18,19,20). The second kappa shape index (κ2) is 9.88. The molecule has 2 N–H and O–H groups in total. The topological polar surface area (TPSA) is 52.6 Å². The summed E-state index contributed by atoms with van der Waals surface area (Å²) in [5, 5.41) is 6.77. The second-order valence-corrected chi connectivity index (χ2v) is 7.16. The fourth-order valence-corrected chi connectivity index (χ4v) is 3.65. The molecule has 1 unspecified atom stereocenters. The van der Waals surface area contributed by atoms with E-state index in [4.69, 9.17) is 0 Å². The van der Waals surface area contributed by atoms with Gasteiger partial charge in [0.05, 0.1) is 17.7 Å². The van der Waals surface area contributed by atoms with Gasteiger partial charge in [0.15, 0.2) is 5.96 Å². The van der Waals surface area contributed by atoms with Gasteiger partial charge in [-0.15, -0.1) is 11.3 Å². The number of guanidine groups is 1. The highest BCUT2D eigenvalue weighted by molar-refractivity contribution is 7.09. The van der Waals surface area contributed by atoms with Crippen LogP contribution in [0.2, 0.25) is 0 Å². The van der Waals surface area contributed by atoms with Crippen molar-refractivity contribution in [1.82, 2.24) is 20.5 Å². The van der Waals surface area contributed by atoms with Crippen molar-refractivity contribution in [1.29, 1.82) is 0 Å². The third-order valence-electron chi connectivity index (χ3n) is 4.42. The molecule has 5 nitrogen and oxygen atoms in total. The zero-order valence-corrected chi connectivity index (χ0v) is 15.6. The Hall–Kier alpha value is -1.14. The molecule has 1 saturated heterocycles. The number of aryl methyl sites for hydroxylation is 1. The smallest absolute Gasteiger partial charge is 0.191 e. The van der Waals surface area contributed by atoms with Gasteiger partial charge in [0, 0.05) is 30.6 Å². The lowest BCUT2D eigenvalue weighted by atomic mass is 10.0. The molecule has 2 heterocycles. The van der Waals surface area contributed by atoms with Gasteiger partial charge in [-0.1, -0.05) is 6.42 Å². The van der Waals surface area contributed by atoms with Crippen LogP contribution in [0.3, 0.4) is 0 Å². The van der Waals surface area contributed by atoms with Crippen LogP contribution in [0.4, 0.5) is 0 Å². The number of nitrogens with one attached hydrogen (secondary N) is 2. The third kappa shape index (κ3) is 6.11. The van der Waals surface area contributed by atoms with Gasteiger partial charge in [-0.3, -0.25) is 0 Å². The van der Waals surface area contributed by atoms with Crippen molar-refractivity contribution < 1.29 is 0 Å². The minimum Gasteiger partial charge on any atom is -0.357 e. The summed E-state index contributed by atoms with van der Waals surface area (Å²) in [6.07, 6.45) is 5.26. The van der Waals surface area contributed by atoms with Gasteiger partial charge in [-0.05, 0) is 46.6 Å². The van der Waals surface area contributed by atoms with E-state index >= 15 is 0 Å². The minimum atomic E-state index is 0.703. The van der Waals surface area contributed by atoms with Gasteiger partial charge in [0.2, 0.25) is 0 Å². The summed E-state index contributed by atoms with van der Waals surface area (Å²) in [5.74, 6) is 0.909. The first-order chi connectivity index (χ1) is 11.2. The third-order valence-corrected chi connectivity index (χ3v) is 5.34. The molecule has 1 aliphatic rings. The number of nitrogens with zero attached hydrogens (tertiary/aromatic N) is 3. The number of aromatic nitrogens is 1. The molecule has 0 saturated carbocycles. The molecule has 2 rings (SSSR count). The van der Waals surface area contributed by atoms with Crippen molar-refractivity contribution >= 4 is 17.3 Å². The summed E-state index contributed by atoms with van der Waals surface area (Å²) in [6, 6.07) is 0.750. The van der Waals surface area contributed by atoms with Crippen LogP contribution in [0.25, 0.3) is 0 Å². The van der Waals surface area contributed by atoms with Crippen LogP contribution < -0.4 is 10.6 Å². The van der Waals surface area contributed by atoms with E-state index in [0.29, 0.717) is 6.54 Å². The van der Waals surface area contributed by atoms with Crippen LogP contribution >= 0.6 is 11.3 Å². The molecule has 1 fully saturated rings. The molecule has 1 aliphatic heterocycles. The minimum absolute atomic E-state index is 0.703. The van der Waals surface area contributed by atoms with Crippen molar-refractivity contribution in [2.24, 2.45) is 4.99 Å². The summed E-state index contributed by atoms with van der Waals surface area (Å²) < 4.78 is 0. The molecule has 0 amide bonds. The summed E-state index contributed by atoms with van der Waals surface area (Å²) in [5.41, 5.74) is 2.98. The van der Waals surface area contributed by atoms with E-state index in [1.54, 1.807) is 11.3 Å². The first-order valence-electron chi connectivity index (χ1n) is 8.86. The molecule has 0 bridgehead atoms. The van der Waals surface area contributed by atoms with E-state index in [2.05, 4.69) is 39.4 Å². The molecule has 1 aromatic heterocycles. The molecule has 0 aliphatic carbocycles. The van der Waals surface area contributed by atoms with Crippen molar-refractivity contribution in [3.05, 3.63) is 16.1 Å². The second-order valence-electron chi connectivity index (χ2n) is 6.22. The van der Waals surface area contributed by atoms with E-state index in [1.807, 2.05) is 12.4 Å². The Labute approximate surface area is 144 Å². The normalized spacial score (nSPS) is 19.8. The maximum absolute atomic E-state index is 4.67. The summed E-state index contributed by atoms with van der Waals surface area (Å²) in [4.78, 5) is 12.8. The molecule has 0 radical (unpaired) electrons. The van der Waals surface area contributed by atoms with Gasteiger partial charge >= 0.3 is 0 Å². The van der Waals surface area contributed by atoms with Crippen molar-refractivity contribution in [2.75, 3.05) is 26.2 Å². The largest absolute Gasteiger partial charge is 0.357 e. The Morgan fingerprint density at radius 3 is 3.00 bits per heavy atom. The summed E-state index contributed by atoms with van der Waals surface area (Å²) in [6.45, 7) is 11.5. The van der Waals surface area contributed by atoms with Crippen molar-refractivity contribution in [2.45, 2.75) is 59.0 Å². The number of hydrogen-bond acceptors (Lipinski definition) is 4. The average Bonchev–Trinajstić information content (AvgIpc) is 2.96. The average molecular weight is 338 g/mol. The van der Waals surface area contributed by atoms with E-state index < -0.39 is 0 Å².